The van der Waals surface area contributed by atoms with Crippen LogP contribution in [-0.4, -0.2) is 34.1 Å². The molecular weight excluding hydrogens is 220 g/mol. The van der Waals surface area contributed by atoms with Crippen LogP contribution in [0.4, 0.5) is 0 Å². The fourth-order valence-corrected chi connectivity index (χ4v) is 1.72. The molecule has 6 nitrogen and oxygen atoms in total. The monoisotopic (exact) mass is 234 g/mol. The van der Waals surface area contributed by atoms with Crippen molar-refractivity contribution >= 4 is 0 Å². The van der Waals surface area contributed by atoms with Crippen molar-refractivity contribution in [1.29, 1.82) is 5.26 Å². The van der Waals surface area contributed by atoms with Gasteiger partial charge in [-0.1, -0.05) is 0 Å². The molecule has 1 aromatic rings. The van der Waals surface area contributed by atoms with Crippen LogP contribution in [-0.2, 0) is 6.54 Å². The molecule has 0 atom stereocenters. The minimum atomic E-state index is -0.621. The molecule has 1 aromatic heterocycles. The molecule has 17 heavy (non-hydrogen) atoms. The maximum absolute atomic E-state index is 11.5. The molecule has 0 aromatic carbocycles. The minimum absolute atomic E-state index is 0.0290. The SMILES string of the molecule is CN(CCn1cc(C#N)c(=O)[nH]c1=O)C1CC1. The van der Waals surface area contributed by atoms with Gasteiger partial charge in [0.1, 0.15) is 11.6 Å². The quantitative estimate of drug-likeness (QED) is 0.761. The lowest BCUT2D eigenvalue weighted by atomic mass is 10.3. The molecular formula is C11H14N4O2. The first-order chi connectivity index (χ1) is 8.11. The number of hydrogen-bond donors (Lipinski definition) is 1. The van der Waals surface area contributed by atoms with E-state index in [0.717, 1.165) is 6.54 Å². The molecule has 0 saturated heterocycles. The van der Waals surface area contributed by atoms with E-state index in [2.05, 4.69) is 9.88 Å². The zero-order valence-electron chi connectivity index (χ0n) is 9.64. The van der Waals surface area contributed by atoms with E-state index in [1.165, 1.54) is 23.6 Å². The second-order valence-electron chi connectivity index (χ2n) is 4.32. The van der Waals surface area contributed by atoms with Gasteiger partial charge in [0.25, 0.3) is 5.56 Å². The maximum atomic E-state index is 11.5. The van der Waals surface area contributed by atoms with Crippen molar-refractivity contribution in [3.05, 3.63) is 32.6 Å². The summed E-state index contributed by atoms with van der Waals surface area (Å²) in [7, 11) is 2.01. The number of aromatic amines is 1. The summed E-state index contributed by atoms with van der Waals surface area (Å²) in [6, 6.07) is 2.40. The van der Waals surface area contributed by atoms with Crippen LogP contribution in [0, 0.1) is 11.3 Å². The number of nitriles is 1. The van der Waals surface area contributed by atoms with E-state index in [9.17, 15) is 9.59 Å². The molecule has 0 spiro atoms. The van der Waals surface area contributed by atoms with E-state index < -0.39 is 11.2 Å². The highest BCUT2D eigenvalue weighted by Crippen LogP contribution is 2.24. The highest BCUT2D eigenvalue weighted by atomic mass is 16.2. The summed E-state index contributed by atoms with van der Waals surface area (Å²) in [5.74, 6) is 0. The van der Waals surface area contributed by atoms with Crippen LogP contribution in [0.15, 0.2) is 15.8 Å². The largest absolute Gasteiger partial charge is 0.328 e. The number of aromatic nitrogens is 2. The van der Waals surface area contributed by atoms with Crippen LogP contribution in [0.5, 0.6) is 0 Å². The van der Waals surface area contributed by atoms with Crippen molar-refractivity contribution in [2.45, 2.75) is 25.4 Å². The molecule has 1 aliphatic carbocycles. The summed E-state index contributed by atoms with van der Waals surface area (Å²) in [5.41, 5.74) is -1.11. The van der Waals surface area contributed by atoms with Gasteiger partial charge in [-0.2, -0.15) is 5.26 Å². The Hall–Kier alpha value is -1.87. The van der Waals surface area contributed by atoms with Crippen LogP contribution < -0.4 is 11.2 Å². The summed E-state index contributed by atoms with van der Waals surface area (Å²) >= 11 is 0. The van der Waals surface area contributed by atoms with E-state index in [-0.39, 0.29) is 5.56 Å². The highest BCUT2D eigenvalue weighted by Gasteiger charge is 2.25. The van der Waals surface area contributed by atoms with Crippen molar-refractivity contribution in [3.63, 3.8) is 0 Å². The van der Waals surface area contributed by atoms with E-state index >= 15 is 0 Å². The van der Waals surface area contributed by atoms with Crippen molar-refractivity contribution in [2.75, 3.05) is 13.6 Å². The predicted molar refractivity (Wildman–Crippen MR) is 61.7 cm³/mol. The van der Waals surface area contributed by atoms with Gasteiger partial charge in [-0.25, -0.2) is 4.79 Å². The molecule has 90 valence electrons. The number of likely N-dealkylation sites (N-methyl/N-ethyl adjacent to an activating group) is 1. The molecule has 0 bridgehead atoms. The summed E-state index contributed by atoms with van der Waals surface area (Å²) in [4.78, 5) is 27.0. The third-order valence-electron chi connectivity index (χ3n) is 3.00. The molecule has 2 rings (SSSR count). The number of nitrogens with one attached hydrogen (secondary N) is 1. The Labute approximate surface area is 98.1 Å². The third kappa shape index (κ3) is 2.63. The van der Waals surface area contributed by atoms with Gasteiger partial charge >= 0.3 is 5.69 Å². The molecule has 0 radical (unpaired) electrons. The molecule has 0 unspecified atom stereocenters. The van der Waals surface area contributed by atoms with Crippen molar-refractivity contribution in [1.82, 2.24) is 14.5 Å². The average molecular weight is 234 g/mol. The maximum Gasteiger partial charge on any atom is 0.328 e. The molecule has 6 heteroatoms. The lowest BCUT2D eigenvalue weighted by Crippen LogP contribution is -2.34. The lowest BCUT2D eigenvalue weighted by Gasteiger charge is -2.15. The summed E-state index contributed by atoms with van der Waals surface area (Å²) < 4.78 is 1.37. The van der Waals surface area contributed by atoms with Crippen molar-refractivity contribution in [2.24, 2.45) is 0 Å². The topological polar surface area (TPSA) is 81.9 Å². The molecule has 1 N–H and O–H groups in total. The van der Waals surface area contributed by atoms with Crippen LogP contribution >= 0.6 is 0 Å². The summed E-state index contributed by atoms with van der Waals surface area (Å²) in [5, 5.41) is 8.71. The van der Waals surface area contributed by atoms with Gasteiger partial charge in [-0.05, 0) is 19.9 Å². The molecule has 1 saturated carbocycles. The van der Waals surface area contributed by atoms with E-state index in [1.54, 1.807) is 6.07 Å². The summed E-state index contributed by atoms with van der Waals surface area (Å²) in [6.07, 6.45) is 3.74. The Morgan fingerprint density at radius 3 is 2.88 bits per heavy atom. The first kappa shape index (κ1) is 11.6. The van der Waals surface area contributed by atoms with E-state index in [4.69, 9.17) is 5.26 Å². The number of nitrogens with zero attached hydrogens (tertiary/aromatic N) is 3. The minimum Gasteiger partial charge on any atom is -0.302 e. The van der Waals surface area contributed by atoms with Crippen molar-refractivity contribution < 1.29 is 0 Å². The Bertz CT molecular complexity index is 562. The smallest absolute Gasteiger partial charge is 0.302 e. The predicted octanol–water partition coefficient (Wildman–Crippen LogP) is -0.498. The van der Waals surface area contributed by atoms with E-state index in [0.29, 0.717) is 12.6 Å². The fraction of sp³-hybridized carbons (Fsp3) is 0.545. The van der Waals surface area contributed by atoms with Gasteiger partial charge in [0, 0.05) is 25.3 Å². The van der Waals surface area contributed by atoms with Gasteiger partial charge in [-0.15, -0.1) is 0 Å². The first-order valence-corrected chi connectivity index (χ1v) is 5.56. The second kappa shape index (κ2) is 4.55. The molecule has 1 heterocycles. The number of H-pyrrole nitrogens is 1. The molecule has 1 aliphatic rings. The number of rotatable bonds is 4. The third-order valence-corrected chi connectivity index (χ3v) is 3.00. The molecule has 0 aliphatic heterocycles. The Morgan fingerprint density at radius 1 is 1.59 bits per heavy atom. The van der Waals surface area contributed by atoms with Crippen LogP contribution in [0.1, 0.15) is 18.4 Å². The van der Waals surface area contributed by atoms with Crippen LogP contribution in [0.25, 0.3) is 0 Å². The Kier molecular flexibility index (Phi) is 3.11. The standard InChI is InChI=1S/C11H14N4O2/c1-14(9-2-3-9)4-5-15-7-8(6-12)10(16)13-11(15)17/h7,9H,2-5H2,1H3,(H,13,16,17). The zero-order chi connectivity index (χ0) is 12.4. The van der Waals surface area contributed by atoms with Crippen molar-refractivity contribution in [3.8, 4) is 6.07 Å². The normalized spacial score (nSPS) is 14.9. The molecule has 0 amide bonds. The van der Waals surface area contributed by atoms with Gasteiger partial charge in [0.15, 0.2) is 0 Å². The van der Waals surface area contributed by atoms with Crippen LogP contribution in [0.3, 0.4) is 0 Å². The lowest BCUT2D eigenvalue weighted by molar-refractivity contribution is 0.306. The van der Waals surface area contributed by atoms with Gasteiger partial charge in [0.2, 0.25) is 0 Å². The zero-order valence-corrected chi connectivity index (χ0v) is 9.64. The average Bonchev–Trinajstić information content (AvgIpc) is 3.11. The Morgan fingerprint density at radius 2 is 2.29 bits per heavy atom. The summed E-state index contributed by atoms with van der Waals surface area (Å²) in [6.45, 7) is 1.22. The van der Waals surface area contributed by atoms with E-state index in [1.807, 2.05) is 7.05 Å². The van der Waals surface area contributed by atoms with Gasteiger partial charge in [-0.3, -0.25) is 14.3 Å². The second-order valence-corrected chi connectivity index (χ2v) is 4.32. The van der Waals surface area contributed by atoms with Crippen LogP contribution in [0.2, 0.25) is 0 Å². The fourth-order valence-electron chi connectivity index (χ4n) is 1.72. The van der Waals surface area contributed by atoms with Gasteiger partial charge < -0.3 is 4.90 Å². The highest BCUT2D eigenvalue weighted by molar-refractivity contribution is 5.21. The Balaban J connectivity index is 2.12. The molecule has 1 fully saturated rings. The number of hydrogen-bond acceptors (Lipinski definition) is 4. The first-order valence-electron chi connectivity index (χ1n) is 5.56. The van der Waals surface area contributed by atoms with Gasteiger partial charge in [0.05, 0.1) is 0 Å².